The van der Waals surface area contributed by atoms with Crippen LogP contribution in [0, 0.1) is 5.92 Å². The van der Waals surface area contributed by atoms with E-state index < -0.39 is 6.04 Å². The molecule has 2 amide bonds. The molecule has 1 aliphatic heterocycles. The van der Waals surface area contributed by atoms with Gasteiger partial charge in [0.05, 0.1) is 12.6 Å². The second-order valence-corrected chi connectivity index (χ2v) is 5.74. The Balaban J connectivity index is 2.61. The molecule has 6 nitrogen and oxygen atoms in total. The predicted octanol–water partition coefficient (Wildman–Crippen LogP) is -0.0734. The normalized spacial score (nSPS) is 20.7. The predicted molar refractivity (Wildman–Crippen MR) is 76.1 cm³/mol. The average Bonchev–Trinajstić information content (AvgIpc) is 2.80. The first-order chi connectivity index (χ1) is 9.45. The summed E-state index contributed by atoms with van der Waals surface area (Å²) in [5.41, 5.74) is 0. The maximum atomic E-state index is 12.2. The van der Waals surface area contributed by atoms with Crippen LogP contribution < -0.4 is 10.6 Å². The fraction of sp³-hybridized carbons (Fsp3) is 0.786. The lowest BCUT2D eigenvalue weighted by Gasteiger charge is -2.24. The summed E-state index contributed by atoms with van der Waals surface area (Å²) in [6, 6.07) is -0.722. The number of nitrogens with one attached hydrogen (secondary N) is 2. The van der Waals surface area contributed by atoms with Gasteiger partial charge in [-0.3, -0.25) is 14.5 Å². The summed E-state index contributed by atoms with van der Waals surface area (Å²) >= 11 is 0. The third kappa shape index (κ3) is 4.92. The Morgan fingerprint density at radius 3 is 2.60 bits per heavy atom. The molecule has 0 saturated carbocycles. The Morgan fingerprint density at radius 2 is 2.10 bits per heavy atom. The SMILES string of the molecule is CC(C)C[C@H](NC(=O)[C@@H]1CCCN1C)C(=O)NCC=O. The van der Waals surface area contributed by atoms with Gasteiger partial charge in [0.25, 0.3) is 0 Å². The number of carbonyl (C=O) groups excluding carboxylic acids is 3. The van der Waals surface area contributed by atoms with Crippen molar-refractivity contribution in [2.24, 2.45) is 5.92 Å². The second kappa shape index (κ2) is 7.99. The lowest BCUT2D eigenvalue weighted by Crippen LogP contribution is -2.52. The molecule has 2 N–H and O–H groups in total. The summed E-state index contributed by atoms with van der Waals surface area (Å²) in [7, 11) is 1.92. The highest BCUT2D eigenvalue weighted by Gasteiger charge is 2.31. The average molecular weight is 283 g/mol. The van der Waals surface area contributed by atoms with Crippen molar-refractivity contribution in [2.75, 3.05) is 20.1 Å². The standard InChI is InChI=1S/C14H25N3O3/c1-10(2)9-11(13(19)15-6-8-18)16-14(20)12-5-4-7-17(12)3/h8,10-12H,4-7,9H2,1-3H3,(H,15,19)(H,16,20)/t11-,12-/m0/s1. The zero-order valence-corrected chi connectivity index (χ0v) is 12.5. The molecule has 1 saturated heterocycles. The lowest BCUT2D eigenvalue weighted by molar-refractivity contribution is -0.131. The molecule has 20 heavy (non-hydrogen) atoms. The van der Waals surface area contributed by atoms with Crippen LogP contribution in [0.5, 0.6) is 0 Å². The Kier molecular flexibility index (Phi) is 6.64. The van der Waals surface area contributed by atoms with Crippen LogP contribution in [0.3, 0.4) is 0 Å². The third-order valence-electron chi connectivity index (χ3n) is 3.52. The number of hydrogen-bond acceptors (Lipinski definition) is 4. The van der Waals surface area contributed by atoms with E-state index in [9.17, 15) is 14.4 Å². The molecule has 0 aromatic heterocycles. The van der Waals surface area contributed by atoms with Crippen molar-refractivity contribution in [1.29, 1.82) is 0 Å². The van der Waals surface area contributed by atoms with Crippen LogP contribution in [-0.4, -0.2) is 55.2 Å². The topological polar surface area (TPSA) is 78.5 Å². The minimum atomic E-state index is -0.573. The fourth-order valence-corrected chi connectivity index (χ4v) is 2.48. The van der Waals surface area contributed by atoms with Gasteiger partial charge in [-0.2, -0.15) is 0 Å². The highest BCUT2D eigenvalue weighted by molar-refractivity contribution is 5.90. The van der Waals surface area contributed by atoms with Gasteiger partial charge in [0.2, 0.25) is 11.8 Å². The van der Waals surface area contributed by atoms with E-state index in [0.29, 0.717) is 12.7 Å². The summed E-state index contributed by atoms with van der Waals surface area (Å²) in [5.74, 6) is -0.111. The van der Waals surface area contributed by atoms with Crippen molar-refractivity contribution in [1.82, 2.24) is 15.5 Å². The first-order valence-corrected chi connectivity index (χ1v) is 7.17. The fourth-order valence-electron chi connectivity index (χ4n) is 2.48. The van der Waals surface area contributed by atoms with E-state index in [0.717, 1.165) is 19.4 Å². The number of hydrogen-bond donors (Lipinski definition) is 2. The molecular formula is C14H25N3O3. The number of amides is 2. The maximum absolute atomic E-state index is 12.2. The summed E-state index contributed by atoms with van der Waals surface area (Å²) in [6.45, 7) is 4.87. The van der Waals surface area contributed by atoms with Gasteiger partial charge in [-0.15, -0.1) is 0 Å². The minimum Gasteiger partial charge on any atom is -0.348 e. The quantitative estimate of drug-likeness (QED) is 0.641. The molecule has 0 aliphatic carbocycles. The van der Waals surface area contributed by atoms with E-state index in [1.807, 2.05) is 25.8 Å². The van der Waals surface area contributed by atoms with E-state index in [-0.39, 0.29) is 30.3 Å². The largest absolute Gasteiger partial charge is 0.348 e. The van der Waals surface area contributed by atoms with E-state index in [4.69, 9.17) is 0 Å². The maximum Gasteiger partial charge on any atom is 0.242 e. The van der Waals surface area contributed by atoms with Crippen LogP contribution >= 0.6 is 0 Å². The van der Waals surface area contributed by atoms with Gasteiger partial charge in [-0.1, -0.05) is 13.8 Å². The summed E-state index contributed by atoms with van der Waals surface area (Å²) in [4.78, 5) is 36.5. The summed E-state index contributed by atoms with van der Waals surface area (Å²) in [6.07, 6.45) is 3.03. The molecule has 0 aromatic rings. The van der Waals surface area contributed by atoms with Crippen molar-refractivity contribution >= 4 is 18.1 Å². The van der Waals surface area contributed by atoms with Crippen molar-refractivity contribution in [3.8, 4) is 0 Å². The molecular weight excluding hydrogens is 258 g/mol. The van der Waals surface area contributed by atoms with Crippen LogP contribution in [0.1, 0.15) is 33.1 Å². The monoisotopic (exact) mass is 283 g/mol. The van der Waals surface area contributed by atoms with Crippen molar-refractivity contribution in [2.45, 2.75) is 45.2 Å². The number of likely N-dealkylation sites (N-methyl/N-ethyl adjacent to an activating group) is 1. The van der Waals surface area contributed by atoms with Crippen LogP contribution in [0.2, 0.25) is 0 Å². The second-order valence-electron chi connectivity index (χ2n) is 5.74. The molecule has 0 aromatic carbocycles. The van der Waals surface area contributed by atoms with Gasteiger partial charge in [0.1, 0.15) is 12.3 Å². The molecule has 0 radical (unpaired) electrons. The first kappa shape index (κ1) is 16.6. The summed E-state index contributed by atoms with van der Waals surface area (Å²) in [5, 5.41) is 5.33. The molecule has 0 unspecified atom stereocenters. The lowest BCUT2D eigenvalue weighted by atomic mass is 10.0. The van der Waals surface area contributed by atoms with E-state index in [2.05, 4.69) is 10.6 Å². The number of likely N-dealkylation sites (tertiary alicyclic amines) is 1. The number of nitrogens with zero attached hydrogens (tertiary/aromatic N) is 1. The summed E-state index contributed by atoms with van der Waals surface area (Å²) < 4.78 is 0. The van der Waals surface area contributed by atoms with E-state index in [1.54, 1.807) is 0 Å². The molecule has 1 rings (SSSR count). The molecule has 0 spiro atoms. The van der Waals surface area contributed by atoms with Crippen LogP contribution in [0.15, 0.2) is 0 Å². The van der Waals surface area contributed by atoms with E-state index >= 15 is 0 Å². The molecule has 1 heterocycles. The van der Waals surface area contributed by atoms with Gasteiger partial charge < -0.3 is 15.4 Å². The number of rotatable bonds is 7. The van der Waals surface area contributed by atoms with Crippen LogP contribution in [-0.2, 0) is 14.4 Å². The highest BCUT2D eigenvalue weighted by Crippen LogP contribution is 2.15. The first-order valence-electron chi connectivity index (χ1n) is 7.17. The highest BCUT2D eigenvalue weighted by atomic mass is 16.2. The smallest absolute Gasteiger partial charge is 0.242 e. The molecule has 1 fully saturated rings. The van der Waals surface area contributed by atoms with Gasteiger partial charge >= 0.3 is 0 Å². The van der Waals surface area contributed by atoms with Crippen LogP contribution in [0.4, 0.5) is 0 Å². The van der Waals surface area contributed by atoms with E-state index in [1.165, 1.54) is 0 Å². The number of aldehydes is 1. The van der Waals surface area contributed by atoms with Gasteiger partial charge in [0, 0.05) is 0 Å². The molecule has 114 valence electrons. The zero-order chi connectivity index (χ0) is 15.1. The third-order valence-corrected chi connectivity index (χ3v) is 3.52. The zero-order valence-electron chi connectivity index (χ0n) is 12.5. The Hall–Kier alpha value is -1.43. The molecule has 0 bridgehead atoms. The van der Waals surface area contributed by atoms with Crippen molar-refractivity contribution in [3.63, 3.8) is 0 Å². The molecule has 6 heteroatoms. The van der Waals surface area contributed by atoms with Gasteiger partial charge in [-0.25, -0.2) is 0 Å². The van der Waals surface area contributed by atoms with Gasteiger partial charge in [0.15, 0.2) is 0 Å². The Morgan fingerprint density at radius 1 is 1.40 bits per heavy atom. The molecule has 1 aliphatic rings. The number of carbonyl (C=O) groups is 3. The minimum absolute atomic E-state index is 0.0212. The molecule has 2 atom stereocenters. The van der Waals surface area contributed by atoms with Gasteiger partial charge in [-0.05, 0) is 38.8 Å². The Bertz CT molecular complexity index is 358. The van der Waals surface area contributed by atoms with Crippen molar-refractivity contribution < 1.29 is 14.4 Å². The Labute approximate surface area is 120 Å². The van der Waals surface area contributed by atoms with Crippen molar-refractivity contribution in [3.05, 3.63) is 0 Å². The van der Waals surface area contributed by atoms with Crippen LogP contribution in [0.25, 0.3) is 0 Å².